The molecule has 5 aliphatic rings. The lowest BCUT2D eigenvalue weighted by molar-refractivity contribution is -0.688. The van der Waals surface area contributed by atoms with Gasteiger partial charge in [-0.05, 0) is 49.9 Å². The highest BCUT2D eigenvalue weighted by atomic mass is 16.7. The SMILES string of the molecule is CCCCCCCCCCCC1c2cc3c4c(C[n+]5ccccc5)c2OCOc2c1cc1c(c2C[n+]2ccccc2)OCOc2c(cc5c(c2C[n+]2ccccc2)OCOc2c(cc(c(c2C[n+]2ccccc2)OCO4)C3CCCCCCCCCCC)C5CCCCCCCCCCC)C1CCCCCCCCCCC. The lowest BCUT2D eigenvalue weighted by Crippen LogP contribution is -2.36. The lowest BCUT2D eigenvalue weighted by atomic mass is 9.74. The third-order valence-electron chi connectivity index (χ3n) is 25.0. The van der Waals surface area contributed by atoms with Gasteiger partial charge >= 0.3 is 0 Å². The van der Waals surface area contributed by atoms with Gasteiger partial charge < -0.3 is 37.9 Å². The van der Waals surface area contributed by atoms with Crippen molar-refractivity contribution < 1.29 is 56.2 Å². The molecule has 4 aromatic carbocycles. The molecule has 12 heteroatoms. The zero-order valence-corrected chi connectivity index (χ0v) is 69.2. The Kier molecular flexibility index (Phi) is 32.1. The Bertz CT molecular complexity index is 3500. The quantitative estimate of drug-likeness (QED) is 0.0275. The van der Waals surface area contributed by atoms with E-state index >= 15 is 0 Å². The smallest absolute Gasteiger partial charge is 0.230 e. The molecule has 8 aromatic rings. The second kappa shape index (κ2) is 43.9. The van der Waals surface area contributed by atoms with Gasteiger partial charge in [-0.2, -0.15) is 0 Å². The van der Waals surface area contributed by atoms with E-state index in [-0.39, 0.29) is 50.8 Å². The molecule has 0 saturated carbocycles. The van der Waals surface area contributed by atoms with Crippen LogP contribution in [0.2, 0.25) is 0 Å². The molecule has 0 fully saturated rings. The first-order valence-corrected chi connectivity index (χ1v) is 45.1. The monoisotopic (exact) mass is 1520 g/mol. The fourth-order valence-corrected chi connectivity index (χ4v) is 19.0. The van der Waals surface area contributed by atoms with Crippen LogP contribution < -0.4 is 56.2 Å². The zero-order chi connectivity index (χ0) is 76.7. The standard InChI is InChI=1S/C100H136N4O8/c1-5-9-13-17-21-25-29-33-41-53-77-81-65-83-78(54-42-34-30-26-22-18-14-10-6-2)85-67-87-80(56-44-36-32-28-24-20-16-12-8-4)88-68-86-79(55-43-35-31-27-23-19-15-11-7-3)84-66-82(77)94-90(70-102-59-47-38-48-60-102)96(84)108-75-110-98(86)92(72-104-63-51-40-52-64-104)100(88)112-76-111-99(87)91(71-103-61-49-39-50-62-103)97(85)109-74-107-95(83)89(93(81)105-73-106-94)69-101-57-45-37-46-58-101/h37-40,45-52,57-68,77-80H,5-36,41-44,53-56,69-76H2,1-4H3/q+4. The summed E-state index contributed by atoms with van der Waals surface area (Å²) in [5, 5.41) is 0. The van der Waals surface area contributed by atoms with Gasteiger partial charge in [0.1, 0.15) is 68.2 Å². The summed E-state index contributed by atoms with van der Waals surface area (Å²) in [4.78, 5) is 0. The van der Waals surface area contributed by atoms with Crippen molar-refractivity contribution in [2.75, 3.05) is 27.2 Å². The Balaban J connectivity index is 1.11. The highest BCUT2D eigenvalue weighted by molar-refractivity contribution is 5.69. The third kappa shape index (κ3) is 21.4. The second-order valence-corrected chi connectivity index (χ2v) is 33.3. The maximum Gasteiger partial charge on any atom is 0.230 e. The summed E-state index contributed by atoms with van der Waals surface area (Å²) in [5.41, 5.74) is 13.8. The van der Waals surface area contributed by atoms with Crippen LogP contribution in [0.5, 0.6) is 46.0 Å². The summed E-state index contributed by atoms with van der Waals surface area (Å²) in [6, 6.07) is 36.1. The van der Waals surface area contributed by atoms with Gasteiger partial charge in [0.25, 0.3) is 0 Å². The molecule has 8 bridgehead atoms. The molecule has 112 heavy (non-hydrogen) atoms. The highest BCUT2D eigenvalue weighted by Gasteiger charge is 2.43. The third-order valence-corrected chi connectivity index (χ3v) is 25.0. The largest absolute Gasteiger partial charge is 0.456 e. The molecule has 12 nitrogen and oxygen atoms in total. The number of ether oxygens (including phenoxy) is 8. The van der Waals surface area contributed by atoms with E-state index in [1.807, 2.05) is 0 Å². The summed E-state index contributed by atoms with van der Waals surface area (Å²) in [7, 11) is 0. The molecule has 0 unspecified atom stereocenters. The van der Waals surface area contributed by atoms with E-state index in [0.29, 0.717) is 26.2 Å². The van der Waals surface area contributed by atoms with Crippen LogP contribution in [0, 0.1) is 0 Å². The van der Waals surface area contributed by atoms with E-state index in [0.717, 1.165) is 145 Å². The van der Waals surface area contributed by atoms with Crippen molar-refractivity contribution in [3.63, 3.8) is 0 Å². The van der Waals surface area contributed by atoms with Crippen molar-refractivity contribution in [3.8, 4) is 46.0 Å². The van der Waals surface area contributed by atoms with E-state index in [1.54, 1.807) is 0 Å². The Morgan fingerprint density at radius 2 is 0.357 bits per heavy atom. The van der Waals surface area contributed by atoms with Crippen molar-refractivity contribution >= 4 is 0 Å². The summed E-state index contributed by atoms with van der Waals surface area (Å²) in [6.45, 7) is 11.3. The maximum absolute atomic E-state index is 7.55. The molecule has 0 spiro atoms. The zero-order valence-electron chi connectivity index (χ0n) is 69.2. The maximum atomic E-state index is 7.55. The minimum absolute atomic E-state index is 0.0106. The second-order valence-electron chi connectivity index (χ2n) is 33.3. The first-order valence-electron chi connectivity index (χ1n) is 45.1. The van der Waals surface area contributed by atoms with Crippen molar-refractivity contribution in [2.45, 2.75) is 334 Å². The summed E-state index contributed by atoms with van der Waals surface area (Å²) in [6.07, 6.45) is 65.7. The Hall–Kier alpha value is -8.12. The number of pyridine rings is 4. The molecule has 4 aromatic heterocycles. The molecule has 0 N–H and O–H groups in total. The Morgan fingerprint density at radius 3 is 0.518 bits per heavy atom. The average molecular weight is 1520 g/mol. The first kappa shape index (κ1) is 81.9. The van der Waals surface area contributed by atoms with Crippen LogP contribution in [-0.4, -0.2) is 27.2 Å². The fraction of sp³-hybridized carbons (Fsp3) is 0.560. The minimum atomic E-state index is -0.152. The molecule has 0 amide bonds. The van der Waals surface area contributed by atoms with E-state index in [2.05, 4.69) is 193 Å². The molecule has 0 radical (unpaired) electrons. The average Bonchev–Trinajstić information content (AvgIpc) is 0.720. The van der Waals surface area contributed by atoms with Gasteiger partial charge in [0.2, 0.25) is 27.2 Å². The number of rotatable bonds is 48. The van der Waals surface area contributed by atoms with Crippen LogP contribution >= 0.6 is 0 Å². The van der Waals surface area contributed by atoms with Gasteiger partial charge in [-0.15, -0.1) is 0 Å². The molecule has 4 aliphatic heterocycles. The Morgan fingerprint density at radius 1 is 0.205 bits per heavy atom. The molecular formula is C100H136N4O8+4. The molecular weight excluding hydrogens is 1390 g/mol. The van der Waals surface area contributed by atoms with Crippen LogP contribution in [-0.2, 0) is 26.2 Å². The number of aromatic nitrogens is 4. The van der Waals surface area contributed by atoms with Crippen LogP contribution in [0.25, 0.3) is 0 Å². The van der Waals surface area contributed by atoms with E-state index < -0.39 is 0 Å². The van der Waals surface area contributed by atoms with Gasteiger partial charge in [0.05, 0.1) is 0 Å². The predicted molar refractivity (Wildman–Crippen MR) is 448 cm³/mol. The van der Waals surface area contributed by atoms with Crippen LogP contribution in [0.1, 0.15) is 375 Å². The minimum Gasteiger partial charge on any atom is -0.456 e. The molecule has 1 aliphatic carbocycles. The van der Waals surface area contributed by atoms with E-state index in [4.69, 9.17) is 37.9 Å². The lowest BCUT2D eigenvalue weighted by Gasteiger charge is -2.37. The van der Waals surface area contributed by atoms with E-state index in [1.165, 1.54) is 224 Å². The van der Waals surface area contributed by atoms with Crippen molar-refractivity contribution in [1.29, 1.82) is 0 Å². The number of hydrogen-bond acceptors (Lipinski definition) is 8. The van der Waals surface area contributed by atoms with Crippen LogP contribution in [0.4, 0.5) is 0 Å². The highest BCUT2D eigenvalue weighted by Crippen LogP contribution is 2.59. The van der Waals surface area contributed by atoms with Gasteiger partial charge in [-0.25, -0.2) is 18.3 Å². The summed E-state index contributed by atoms with van der Waals surface area (Å²) < 4.78 is 69.6. The predicted octanol–water partition coefficient (Wildman–Crippen LogP) is 24.5. The van der Waals surface area contributed by atoms with Crippen molar-refractivity contribution in [1.82, 2.24) is 0 Å². The van der Waals surface area contributed by atoms with E-state index in [9.17, 15) is 0 Å². The molecule has 13 rings (SSSR count). The Labute approximate surface area is 673 Å². The molecule has 0 saturated heterocycles. The van der Waals surface area contributed by atoms with Gasteiger partial charge in [0.15, 0.2) is 75.8 Å². The topological polar surface area (TPSA) is 89.4 Å². The van der Waals surface area contributed by atoms with Crippen LogP contribution in [0.15, 0.2) is 147 Å². The molecule has 0 atom stereocenters. The number of unbranched alkanes of at least 4 members (excludes halogenated alkanes) is 32. The van der Waals surface area contributed by atoms with Gasteiger partial charge in [-0.3, -0.25) is 0 Å². The first-order chi connectivity index (χ1) is 55.5. The molecule has 600 valence electrons. The summed E-state index contributed by atoms with van der Waals surface area (Å²) >= 11 is 0. The molecule has 8 heterocycles. The van der Waals surface area contributed by atoms with Crippen LogP contribution in [0.3, 0.4) is 0 Å². The van der Waals surface area contributed by atoms with Crippen molar-refractivity contribution in [2.24, 2.45) is 0 Å². The summed E-state index contributed by atoms with van der Waals surface area (Å²) in [5.74, 6) is 6.22. The number of nitrogens with zero attached hydrogens (tertiary/aromatic N) is 4. The number of hydrogen-bond donors (Lipinski definition) is 0. The normalized spacial score (nSPS) is 16.2. The number of benzene rings is 4. The van der Waals surface area contributed by atoms with Crippen molar-refractivity contribution in [3.05, 3.63) is 213 Å². The van der Waals surface area contributed by atoms with Gasteiger partial charge in [-0.1, -0.05) is 283 Å². The van der Waals surface area contributed by atoms with Gasteiger partial charge in [0, 0.05) is 117 Å². The fourth-order valence-electron chi connectivity index (χ4n) is 19.0.